The SMILES string of the molecule is O=C([O-])CCC(=O)N1N=C(c2ccccc2)C[C@H]1c1cccc([N+](=O)[O-])c1. The predicted octanol–water partition coefficient (Wildman–Crippen LogP) is 1.80. The average molecular weight is 366 g/mol. The lowest BCUT2D eigenvalue weighted by molar-refractivity contribution is -0.385. The maximum absolute atomic E-state index is 12.5. The number of carbonyl (C=O) groups excluding carboxylic acids is 2. The van der Waals surface area contributed by atoms with Crippen molar-refractivity contribution < 1.29 is 19.6 Å². The van der Waals surface area contributed by atoms with E-state index in [1.165, 1.54) is 17.1 Å². The number of hydrazone groups is 1. The van der Waals surface area contributed by atoms with Gasteiger partial charge in [0.15, 0.2) is 0 Å². The van der Waals surface area contributed by atoms with Crippen molar-refractivity contribution in [2.75, 3.05) is 0 Å². The van der Waals surface area contributed by atoms with Crippen molar-refractivity contribution in [2.45, 2.75) is 25.3 Å². The fourth-order valence-corrected chi connectivity index (χ4v) is 2.97. The van der Waals surface area contributed by atoms with Gasteiger partial charge >= 0.3 is 0 Å². The van der Waals surface area contributed by atoms with Crippen LogP contribution in [0.3, 0.4) is 0 Å². The van der Waals surface area contributed by atoms with Crippen LogP contribution in [0.15, 0.2) is 59.7 Å². The standard InChI is InChI=1S/C19H17N3O5/c23-18(9-10-19(24)25)21-17(14-7-4-8-15(11-14)22(26)27)12-16(20-21)13-5-2-1-3-6-13/h1-8,11,17H,9-10,12H2,(H,24,25)/p-1/t17-/m0/s1. The van der Waals surface area contributed by atoms with Gasteiger partial charge in [0.1, 0.15) is 0 Å². The summed E-state index contributed by atoms with van der Waals surface area (Å²) in [6.45, 7) is 0. The van der Waals surface area contributed by atoms with Crippen molar-refractivity contribution in [2.24, 2.45) is 5.10 Å². The van der Waals surface area contributed by atoms with Crippen molar-refractivity contribution in [1.29, 1.82) is 0 Å². The minimum Gasteiger partial charge on any atom is -0.550 e. The van der Waals surface area contributed by atoms with E-state index in [4.69, 9.17) is 0 Å². The third kappa shape index (κ3) is 4.17. The van der Waals surface area contributed by atoms with E-state index in [0.29, 0.717) is 17.7 Å². The van der Waals surface area contributed by atoms with Gasteiger partial charge in [-0.3, -0.25) is 14.9 Å². The zero-order valence-corrected chi connectivity index (χ0v) is 14.3. The topological polar surface area (TPSA) is 116 Å². The van der Waals surface area contributed by atoms with Crippen LogP contribution in [0.4, 0.5) is 5.69 Å². The van der Waals surface area contributed by atoms with Crippen LogP contribution < -0.4 is 5.11 Å². The molecule has 0 N–H and O–H groups in total. The molecule has 3 rings (SSSR count). The molecule has 0 unspecified atom stereocenters. The van der Waals surface area contributed by atoms with Gasteiger partial charge in [-0.25, -0.2) is 5.01 Å². The van der Waals surface area contributed by atoms with Gasteiger partial charge in [0.25, 0.3) is 5.69 Å². The number of carboxylic acids is 1. The van der Waals surface area contributed by atoms with Crippen LogP contribution in [0.1, 0.15) is 36.4 Å². The Bertz CT molecular complexity index is 911. The summed E-state index contributed by atoms with van der Waals surface area (Å²) in [6, 6.07) is 14.8. The highest BCUT2D eigenvalue weighted by Gasteiger charge is 2.33. The summed E-state index contributed by atoms with van der Waals surface area (Å²) in [7, 11) is 0. The first kappa shape index (κ1) is 18.2. The number of carboxylic acid groups (broad SMARTS) is 1. The first-order valence-electron chi connectivity index (χ1n) is 8.35. The van der Waals surface area contributed by atoms with Gasteiger partial charge in [-0.2, -0.15) is 5.10 Å². The monoisotopic (exact) mass is 366 g/mol. The largest absolute Gasteiger partial charge is 0.550 e. The highest BCUT2D eigenvalue weighted by atomic mass is 16.6. The molecule has 8 nitrogen and oxygen atoms in total. The number of carbonyl (C=O) groups is 2. The van der Waals surface area contributed by atoms with Gasteiger partial charge < -0.3 is 9.90 Å². The normalized spacial score (nSPS) is 16.1. The van der Waals surface area contributed by atoms with Gasteiger partial charge in [0.2, 0.25) is 5.91 Å². The Hall–Kier alpha value is -3.55. The Morgan fingerprint density at radius 3 is 2.52 bits per heavy atom. The smallest absolute Gasteiger partial charge is 0.269 e. The minimum atomic E-state index is -1.32. The summed E-state index contributed by atoms with van der Waals surface area (Å²) < 4.78 is 0. The van der Waals surface area contributed by atoms with Gasteiger partial charge in [0.05, 0.1) is 16.7 Å². The molecule has 138 valence electrons. The number of nitro groups is 1. The highest BCUT2D eigenvalue weighted by molar-refractivity contribution is 6.03. The Labute approximate surface area is 154 Å². The third-order valence-corrected chi connectivity index (χ3v) is 4.28. The minimum absolute atomic E-state index is 0.0807. The van der Waals surface area contributed by atoms with Crippen molar-refractivity contribution in [3.05, 3.63) is 75.8 Å². The van der Waals surface area contributed by atoms with Crippen molar-refractivity contribution in [3.8, 4) is 0 Å². The molecular weight excluding hydrogens is 350 g/mol. The summed E-state index contributed by atoms with van der Waals surface area (Å²) in [4.78, 5) is 33.8. The second-order valence-electron chi connectivity index (χ2n) is 6.10. The van der Waals surface area contributed by atoms with E-state index in [-0.39, 0.29) is 12.1 Å². The molecule has 0 saturated carbocycles. The fraction of sp³-hybridized carbons (Fsp3) is 0.211. The number of nitro benzene ring substituents is 1. The number of rotatable bonds is 6. The van der Waals surface area contributed by atoms with Crippen LogP contribution in [0.25, 0.3) is 0 Å². The number of amides is 1. The zero-order valence-electron chi connectivity index (χ0n) is 14.3. The molecule has 0 fully saturated rings. The van der Waals surface area contributed by atoms with Crippen LogP contribution >= 0.6 is 0 Å². The van der Waals surface area contributed by atoms with Gasteiger partial charge in [-0.05, 0) is 17.5 Å². The molecule has 2 aromatic carbocycles. The Morgan fingerprint density at radius 2 is 1.85 bits per heavy atom. The van der Waals surface area contributed by atoms with Crippen molar-refractivity contribution in [3.63, 3.8) is 0 Å². The number of aliphatic carboxylic acids is 1. The average Bonchev–Trinajstić information content (AvgIpc) is 3.12. The molecule has 0 saturated heterocycles. The number of hydrogen-bond acceptors (Lipinski definition) is 6. The van der Waals surface area contributed by atoms with E-state index >= 15 is 0 Å². The molecule has 1 atom stereocenters. The molecule has 0 bridgehead atoms. The van der Waals surface area contributed by atoms with Crippen LogP contribution in [0.5, 0.6) is 0 Å². The predicted molar refractivity (Wildman–Crippen MR) is 94.5 cm³/mol. The van der Waals surface area contributed by atoms with Gasteiger partial charge in [-0.15, -0.1) is 0 Å². The van der Waals surface area contributed by atoms with Crippen molar-refractivity contribution >= 4 is 23.3 Å². The molecule has 1 aliphatic rings. The Morgan fingerprint density at radius 1 is 1.11 bits per heavy atom. The number of non-ortho nitro benzene ring substituents is 1. The Balaban J connectivity index is 1.93. The lowest BCUT2D eigenvalue weighted by Gasteiger charge is -2.22. The summed E-state index contributed by atoms with van der Waals surface area (Å²) >= 11 is 0. The summed E-state index contributed by atoms with van der Waals surface area (Å²) in [5.74, 6) is -1.79. The second kappa shape index (κ2) is 7.77. The molecule has 27 heavy (non-hydrogen) atoms. The molecule has 2 aromatic rings. The second-order valence-corrected chi connectivity index (χ2v) is 6.10. The van der Waals surface area contributed by atoms with Gasteiger partial charge in [-0.1, -0.05) is 42.5 Å². The maximum atomic E-state index is 12.5. The summed E-state index contributed by atoms with van der Waals surface area (Å²) in [6.07, 6.45) is -0.283. The molecular formula is C19H16N3O5-. The van der Waals surface area contributed by atoms with E-state index in [1.807, 2.05) is 30.3 Å². The van der Waals surface area contributed by atoms with Crippen LogP contribution in [0.2, 0.25) is 0 Å². The van der Waals surface area contributed by atoms with E-state index in [0.717, 1.165) is 5.56 Å². The van der Waals surface area contributed by atoms with E-state index in [2.05, 4.69) is 5.10 Å². The molecule has 1 heterocycles. The zero-order chi connectivity index (χ0) is 19.4. The van der Waals surface area contributed by atoms with Crippen LogP contribution in [-0.4, -0.2) is 27.5 Å². The van der Waals surface area contributed by atoms with E-state index in [1.54, 1.807) is 12.1 Å². The first-order chi connectivity index (χ1) is 13.0. The van der Waals surface area contributed by atoms with E-state index in [9.17, 15) is 24.8 Å². The molecule has 1 aliphatic heterocycles. The highest BCUT2D eigenvalue weighted by Crippen LogP contribution is 2.34. The number of benzene rings is 2. The lowest BCUT2D eigenvalue weighted by Crippen LogP contribution is -2.29. The maximum Gasteiger partial charge on any atom is 0.269 e. The summed E-state index contributed by atoms with van der Waals surface area (Å²) in [5, 5.41) is 27.4. The fourth-order valence-electron chi connectivity index (χ4n) is 2.97. The van der Waals surface area contributed by atoms with Crippen molar-refractivity contribution in [1.82, 2.24) is 5.01 Å². The Kier molecular flexibility index (Phi) is 5.25. The lowest BCUT2D eigenvalue weighted by atomic mass is 9.98. The first-order valence-corrected chi connectivity index (χ1v) is 8.35. The van der Waals surface area contributed by atoms with Crippen LogP contribution in [-0.2, 0) is 9.59 Å². The molecule has 1 amide bonds. The third-order valence-electron chi connectivity index (χ3n) is 4.28. The number of hydrogen-bond donors (Lipinski definition) is 0. The molecule has 8 heteroatoms. The van der Waals surface area contributed by atoms with Crippen LogP contribution in [0, 0.1) is 10.1 Å². The molecule has 0 aliphatic carbocycles. The van der Waals surface area contributed by atoms with Gasteiger partial charge in [0, 0.05) is 30.9 Å². The molecule has 0 aromatic heterocycles. The quantitative estimate of drug-likeness (QED) is 0.571. The molecule has 0 spiro atoms. The molecule has 0 radical (unpaired) electrons. The number of nitrogens with zero attached hydrogens (tertiary/aromatic N) is 3. The van der Waals surface area contributed by atoms with E-state index < -0.39 is 29.3 Å². The summed E-state index contributed by atoms with van der Waals surface area (Å²) in [5.41, 5.74) is 1.99.